The van der Waals surface area contributed by atoms with E-state index in [-0.39, 0.29) is 6.61 Å². The summed E-state index contributed by atoms with van der Waals surface area (Å²) in [6, 6.07) is 6.89. The molecule has 0 radical (unpaired) electrons. The van der Waals surface area contributed by atoms with Crippen molar-refractivity contribution in [2.45, 2.75) is 13.0 Å². The molecular formula is C11H14O4. The minimum Gasteiger partial charge on any atom is -0.482 e. The number of rotatable bonds is 4. The van der Waals surface area contributed by atoms with E-state index in [4.69, 9.17) is 4.74 Å². The van der Waals surface area contributed by atoms with E-state index >= 15 is 0 Å². The molecule has 4 heteroatoms. The summed E-state index contributed by atoms with van der Waals surface area (Å²) in [4.78, 5) is 10.8. The molecule has 82 valence electrons. The fraction of sp³-hybridized carbons (Fsp3) is 0.364. The van der Waals surface area contributed by atoms with Crippen LogP contribution in [0.25, 0.3) is 0 Å². The summed E-state index contributed by atoms with van der Waals surface area (Å²) in [5.74, 6) is 0.152. The molecule has 0 aliphatic heterocycles. The Hall–Kier alpha value is -1.55. The number of ether oxygens (including phenoxy) is 2. The Kier molecular flexibility index (Phi) is 4.12. The van der Waals surface area contributed by atoms with Crippen LogP contribution >= 0.6 is 0 Å². The highest BCUT2D eigenvalue weighted by atomic mass is 16.6. The minimum atomic E-state index is -0.500. The number of esters is 1. The van der Waals surface area contributed by atoms with E-state index in [1.165, 1.54) is 7.11 Å². The first-order valence-electron chi connectivity index (χ1n) is 4.61. The van der Waals surface area contributed by atoms with Crippen molar-refractivity contribution in [3.05, 3.63) is 29.8 Å². The zero-order chi connectivity index (χ0) is 11.3. The van der Waals surface area contributed by atoms with Crippen molar-refractivity contribution in [3.63, 3.8) is 0 Å². The summed E-state index contributed by atoms with van der Waals surface area (Å²) in [6.07, 6.45) is -0.500. The Labute approximate surface area is 88.4 Å². The standard InChI is InChI=1S/C11H14O4/c1-8(12)9-3-5-10(6-4-9)15-7-11(13)14-2/h3-6,8,12H,7H2,1-2H3. The third kappa shape index (κ3) is 3.59. The summed E-state index contributed by atoms with van der Waals surface area (Å²) in [5.41, 5.74) is 0.806. The van der Waals surface area contributed by atoms with Gasteiger partial charge in [-0.25, -0.2) is 4.79 Å². The second-order valence-corrected chi connectivity index (χ2v) is 3.11. The maximum absolute atomic E-state index is 10.8. The molecule has 0 saturated heterocycles. The van der Waals surface area contributed by atoms with Crippen LogP contribution in [-0.2, 0) is 9.53 Å². The van der Waals surface area contributed by atoms with Crippen LogP contribution in [0.1, 0.15) is 18.6 Å². The second-order valence-electron chi connectivity index (χ2n) is 3.11. The highest BCUT2D eigenvalue weighted by Gasteiger charge is 2.03. The van der Waals surface area contributed by atoms with Crippen LogP contribution < -0.4 is 4.74 Å². The number of carbonyl (C=O) groups excluding carboxylic acids is 1. The van der Waals surface area contributed by atoms with Crippen LogP contribution in [-0.4, -0.2) is 24.8 Å². The molecule has 0 spiro atoms. The van der Waals surface area contributed by atoms with E-state index in [9.17, 15) is 9.90 Å². The lowest BCUT2D eigenvalue weighted by Gasteiger charge is -2.07. The van der Waals surface area contributed by atoms with Crippen molar-refractivity contribution in [2.24, 2.45) is 0 Å². The van der Waals surface area contributed by atoms with E-state index in [0.717, 1.165) is 5.56 Å². The molecule has 0 fully saturated rings. The molecular weight excluding hydrogens is 196 g/mol. The maximum atomic E-state index is 10.8. The van der Waals surface area contributed by atoms with Crippen LogP contribution in [0.3, 0.4) is 0 Å². The number of aliphatic hydroxyl groups is 1. The fourth-order valence-corrected chi connectivity index (χ4v) is 1.04. The van der Waals surface area contributed by atoms with Gasteiger partial charge in [-0.2, -0.15) is 0 Å². The van der Waals surface area contributed by atoms with Crippen LogP contribution in [0.4, 0.5) is 0 Å². The molecule has 0 aliphatic carbocycles. The van der Waals surface area contributed by atoms with Crippen molar-refractivity contribution in [3.8, 4) is 5.75 Å². The van der Waals surface area contributed by atoms with Gasteiger partial charge in [0.1, 0.15) is 5.75 Å². The Morgan fingerprint density at radius 3 is 2.47 bits per heavy atom. The monoisotopic (exact) mass is 210 g/mol. The van der Waals surface area contributed by atoms with E-state index in [1.54, 1.807) is 31.2 Å². The highest BCUT2D eigenvalue weighted by Crippen LogP contribution is 2.17. The first-order valence-corrected chi connectivity index (χ1v) is 4.61. The molecule has 1 atom stereocenters. The number of aliphatic hydroxyl groups excluding tert-OH is 1. The first-order chi connectivity index (χ1) is 7.13. The van der Waals surface area contributed by atoms with Gasteiger partial charge in [0.2, 0.25) is 0 Å². The van der Waals surface area contributed by atoms with Crippen molar-refractivity contribution >= 4 is 5.97 Å². The molecule has 4 nitrogen and oxygen atoms in total. The van der Waals surface area contributed by atoms with Gasteiger partial charge in [-0.1, -0.05) is 12.1 Å². The van der Waals surface area contributed by atoms with Gasteiger partial charge < -0.3 is 14.6 Å². The zero-order valence-corrected chi connectivity index (χ0v) is 8.77. The molecule has 0 aromatic heterocycles. The summed E-state index contributed by atoms with van der Waals surface area (Å²) >= 11 is 0. The number of methoxy groups -OCH3 is 1. The summed E-state index contributed by atoms with van der Waals surface area (Å²) < 4.78 is 9.57. The molecule has 0 aliphatic rings. The van der Waals surface area contributed by atoms with Gasteiger partial charge >= 0.3 is 5.97 Å². The lowest BCUT2D eigenvalue weighted by molar-refractivity contribution is -0.142. The summed E-state index contributed by atoms with van der Waals surface area (Å²) in [7, 11) is 1.31. The van der Waals surface area contributed by atoms with Gasteiger partial charge in [0, 0.05) is 0 Å². The molecule has 0 saturated carbocycles. The molecule has 15 heavy (non-hydrogen) atoms. The largest absolute Gasteiger partial charge is 0.482 e. The predicted molar refractivity (Wildman–Crippen MR) is 54.6 cm³/mol. The third-order valence-corrected chi connectivity index (χ3v) is 1.95. The van der Waals surface area contributed by atoms with Gasteiger partial charge in [-0.05, 0) is 24.6 Å². The SMILES string of the molecule is COC(=O)COc1ccc(C(C)O)cc1. The molecule has 1 N–H and O–H groups in total. The number of hydrogen-bond acceptors (Lipinski definition) is 4. The number of carbonyl (C=O) groups is 1. The van der Waals surface area contributed by atoms with Crippen LogP contribution in [0.15, 0.2) is 24.3 Å². The highest BCUT2D eigenvalue weighted by molar-refractivity contribution is 5.70. The summed E-state index contributed by atoms with van der Waals surface area (Å²) in [5, 5.41) is 9.26. The predicted octanol–water partition coefficient (Wildman–Crippen LogP) is 1.29. The smallest absolute Gasteiger partial charge is 0.343 e. The van der Waals surface area contributed by atoms with Crippen molar-refractivity contribution < 1.29 is 19.4 Å². The van der Waals surface area contributed by atoms with E-state index in [1.807, 2.05) is 0 Å². The second kappa shape index (κ2) is 5.36. The average Bonchev–Trinajstić information content (AvgIpc) is 2.26. The molecule has 1 rings (SSSR count). The van der Waals surface area contributed by atoms with Crippen molar-refractivity contribution in [2.75, 3.05) is 13.7 Å². The summed E-state index contributed by atoms with van der Waals surface area (Å²) in [6.45, 7) is 1.58. The minimum absolute atomic E-state index is 0.107. The third-order valence-electron chi connectivity index (χ3n) is 1.95. The zero-order valence-electron chi connectivity index (χ0n) is 8.77. The lowest BCUT2D eigenvalue weighted by atomic mass is 10.1. The van der Waals surface area contributed by atoms with Gasteiger partial charge in [0.25, 0.3) is 0 Å². The normalized spacial score (nSPS) is 11.9. The van der Waals surface area contributed by atoms with Crippen molar-refractivity contribution in [1.29, 1.82) is 0 Å². The molecule has 0 amide bonds. The molecule has 0 bridgehead atoms. The van der Waals surface area contributed by atoms with Crippen LogP contribution in [0, 0.1) is 0 Å². The van der Waals surface area contributed by atoms with Crippen LogP contribution in [0.5, 0.6) is 5.75 Å². The number of benzene rings is 1. The quantitative estimate of drug-likeness (QED) is 0.761. The van der Waals surface area contributed by atoms with Crippen LogP contribution in [0.2, 0.25) is 0 Å². The van der Waals surface area contributed by atoms with Crippen molar-refractivity contribution in [1.82, 2.24) is 0 Å². The lowest BCUT2D eigenvalue weighted by Crippen LogP contribution is -2.12. The van der Waals surface area contributed by atoms with E-state index in [0.29, 0.717) is 5.75 Å². The molecule has 0 heterocycles. The molecule has 1 unspecified atom stereocenters. The fourth-order valence-electron chi connectivity index (χ4n) is 1.04. The van der Waals surface area contributed by atoms with Gasteiger partial charge in [0.15, 0.2) is 6.61 Å². The van der Waals surface area contributed by atoms with Gasteiger partial charge in [0.05, 0.1) is 13.2 Å². The first kappa shape index (κ1) is 11.5. The van der Waals surface area contributed by atoms with E-state index in [2.05, 4.69) is 4.74 Å². The maximum Gasteiger partial charge on any atom is 0.343 e. The molecule has 1 aromatic carbocycles. The Balaban J connectivity index is 2.53. The van der Waals surface area contributed by atoms with Gasteiger partial charge in [-0.15, -0.1) is 0 Å². The average molecular weight is 210 g/mol. The molecule has 1 aromatic rings. The Morgan fingerprint density at radius 2 is 2.00 bits per heavy atom. The number of hydrogen-bond donors (Lipinski definition) is 1. The topological polar surface area (TPSA) is 55.8 Å². The Morgan fingerprint density at radius 1 is 1.40 bits per heavy atom. The van der Waals surface area contributed by atoms with Gasteiger partial charge in [-0.3, -0.25) is 0 Å². The van der Waals surface area contributed by atoms with E-state index < -0.39 is 12.1 Å². The Bertz CT molecular complexity index is 316.